The Morgan fingerprint density at radius 2 is 1.81 bits per heavy atom. The average Bonchev–Trinajstić information content (AvgIpc) is 3.40. The molecule has 1 aliphatic carbocycles. The van der Waals surface area contributed by atoms with Crippen LogP contribution in [0.1, 0.15) is 53.3 Å². The lowest BCUT2D eigenvalue weighted by atomic mass is 9.81. The Morgan fingerprint density at radius 3 is 2.45 bits per heavy atom. The van der Waals surface area contributed by atoms with Gasteiger partial charge in [0.05, 0.1) is 6.07 Å². The molecular weight excluding hydrogens is 533 g/mol. The van der Waals surface area contributed by atoms with Crippen molar-refractivity contribution in [3.05, 3.63) is 106 Å². The fourth-order valence-electron chi connectivity index (χ4n) is 5.51. The van der Waals surface area contributed by atoms with Gasteiger partial charge in [-0.3, -0.25) is 19.1 Å². The molecule has 42 heavy (non-hydrogen) atoms. The number of benzene rings is 2. The van der Waals surface area contributed by atoms with Gasteiger partial charge in [-0.25, -0.2) is 9.07 Å². The number of aliphatic imine (C=N–C) groups is 1. The van der Waals surface area contributed by atoms with Crippen molar-refractivity contribution >= 4 is 24.1 Å². The van der Waals surface area contributed by atoms with Gasteiger partial charge in [-0.15, -0.1) is 0 Å². The van der Waals surface area contributed by atoms with E-state index in [0.717, 1.165) is 31.4 Å². The van der Waals surface area contributed by atoms with Crippen molar-refractivity contribution < 1.29 is 9.18 Å². The molecule has 4 aromatic rings. The van der Waals surface area contributed by atoms with E-state index in [-0.39, 0.29) is 34.5 Å². The molecule has 0 bridgehead atoms. The molecule has 1 saturated carbocycles. The maximum Gasteiger partial charge on any atom is 0.267 e. The lowest BCUT2D eigenvalue weighted by Gasteiger charge is -2.25. The van der Waals surface area contributed by atoms with Crippen LogP contribution in [0.25, 0.3) is 16.8 Å². The lowest BCUT2D eigenvalue weighted by Crippen LogP contribution is -2.27. The summed E-state index contributed by atoms with van der Waals surface area (Å²) in [6, 6.07) is 20.5. The van der Waals surface area contributed by atoms with E-state index in [2.05, 4.69) is 28.2 Å². The van der Waals surface area contributed by atoms with E-state index in [1.807, 2.05) is 12.1 Å². The largest absolute Gasteiger partial charge is 0.382 e. The first-order valence-electron chi connectivity index (χ1n) is 13.6. The summed E-state index contributed by atoms with van der Waals surface area (Å²) in [7, 11) is 1.54. The summed E-state index contributed by atoms with van der Waals surface area (Å²) in [6.45, 7) is 3.71. The molecule has 3 N–H and O–H groups in total. The minimum Gasteiger partial charge on any atom is -0.382 e. The first-order valence-corrected chi connectivity index (χ1v) is 13.6. The Balaban J connectivity index is 1.46. The number of nitriles is 1. The summed E-state index contributed by atoms with van der Waals surface area (Å²) in [5.74, 6) is -0.958. The number of nitrogens with two attached hydrogens (primary N) is 1. The third-order valence-corrected chi connectivity index (χ3v) is 7.70. The number of aromatic nitrogens is 2. The maximum absolute atomic E-state index is 15.7. The maximum atomic E-state index is 15.7. The SMILES string of the molecule is C=Nn1c(/C(N)=N\C)c(-c2ccc(NC(=O)c3cccn(-c4ccccc4)c3=O)cc2F)cc1[C@H]1CC[C@@H](C#N)CC1. The average molecular weight is 564 g/mol. The number of nitrogens with one attached hydrogen (secondary N) is 1. The second-order valence-corrected chi connectivity index (χ2v) is 10.2. The first kappa shape index (κ1) is 28.2. The van der Waals surface area contributed by atoms with Crippen LogP contribution in [0, 0.1) is 23.1 Å². The van der Waals surface area contributed by atoms with Crippen molar-refractivity contribution in [3.63, 3.8) is 0 Å². The molecule has 0 atom stereocenters. The van der Waals surface area contributed by atoms with Crippen molar-refractivity contribution in [3.8, 4) is 22.9 Å². The van der Waals surface area contributed by atoms with E-state index in [1.54, 1.807) is 60.4 Å². The molecule has 0 saturated heterocycles. The topological polar surface area (TPSA) is 131 Å². The number of amidine groups is 1. The molecule has 0 spiro atoms. The predicted molar refractivity (Wildman–Crippen MR) is 162 cm³/mol. The lowest BCUT2D eigenvalue weighted by molar-refractivity contribution is 0.102. The van der Waals surface area contributed by atoms with Crippen molar-refractivity contribution in [1.82, 2.24) is 9.24 Å². The number of carbonyl (C=O) groups is 1. The van der Waals surface area contributed by atoms with Gasteiger partial charge in [0.15, 0.2) is 0 Å². The number of hydrogen-bond acceptors (Lipinski definition) is 5. The molecule has 1 fully saturated rings. The van der Waals surface area contributed by atoms with Crippen LogP contribution in [0.15, 0.2) is 87.8 Å². The van der Waals surface area contributed by atoms with E-state index < -0.39 is 17.3 Å². The monoisotopic (exact) mass is 563 g/mol. The van der Waals surface area contributed by atoms with Crippen LogP contribution in [-0.4, -0.2) is 34.8 Å². The van der Waals surface area contributed by atoms with Gasteiger partial charge in [0.1, 0.15) is 22.9 Å². The molecule has 0 radical (unpaired) electrons. The van der Waals surface area contributed by atoms with Crippen molar-refractivity contribution in [1.29, 1.82) is 5.26 Å². The van der Waals surface area contributed by atoms with E-state index >= 15 is 4.39 Å². The van der Waals surface area contributed by atoms with Gasteiger partial charge in [-0.1, -0.05) is 18.2 Å². The molecule has 2 aromatic heterocycles. The number of amides is 1. The molecule has 2 heterocycles. The van der Waals surface area contributed by atoms with Gasteiger partial charge < -0.3 is 11.1 Å². The van der Waals surface area contributed by atoms with Gasteiger partial charge in [-0.2, -0.15) is 10.4 Å². The zero-order valence-electron chi connectivity index (χ0n) is 23.1. The van der Waals surface area contributed by atoms with Crippen molar-refractivity contribution in [2.24, 2.45) is 21.7 Å². The Kier molecular flexibility index (Phi) is 8.11. The molecule has 1 aliphatic rings. The molecule has 0 aliphatic heterocycles. The van der Waals surface area contributed by atoms with Crippen LogP contribution in [0.5, 0.6) is 0 Å². The number of hydrogen-bond donors (Lipinski definition) is 2. The highest BCUT2D eigenvalue weighted by Crippen LogP contribution is 2.40. The number of carbonyl (C=O) groups excluding carboxylic acids is 1. The van der Waals surface area contributed by atoms with Crippen molar-refractivity contribution in [2.45, 2.75) is 31.6 Å². The quantitative estimate of drug-likeness (QED) is 0.234. The zero-order valence-corrected chi connectivity index (χ0v) is 23.1. The molecule has 2 aromatic carbocycles. The van der Waals surface area contributed by atoms with E-state index in [4.69, 9.17) is 5.73 Å². The first-order chi connectivity index (χ1) is 20.4. The Hall–Kier alpha value is -5.30. The second kappa shape index (κ2) is 12.1. The summed E-state index contributed by atoms with van der Waals surface area (Å²) < 4.78 is 18.7. The molecule has 1 amide bonds. The normalized spacial score (nSPS) is 16.9. The summed E-state index contributed by atoms with van der Waals surface area (Å²) in [5, 5.41) is 16.1. The second-order valence-electron chi connectivity index (χ2n) is 10.2. The summed E-state index contributed by atoms with van der Waals surface area (Å²) in [6.07, 6.45) is 4.70. The minimum atomic E-state index is -0.655. The van der Waals surface area contributed by atoms with E-state index in [0.29, 0.717) is 16.9 Å². The van der Waals surface area contributed by atoms with Gasteiger partial charge in [0, 0.05) is 60.0 Å². The number of anilines is 1. The summed E-state index contributed by atoms with van der Waals surface area (Å²) in [5.41, 5.74) is 8.48. The highest BCUT2D eigenvalue weighted by atomic mass is 19.1. The van der Waals surface area contributed by atoms with Gasteiger partial charge in [-0.05, 0) is 74.2 Å². The summed E-state index contributed by atoms with van der Waals surface area (Å²) >= 11 is 0. The number of para-hydroxylation sites is 1. The molecule has 212 valence electrons. The number of rotatable bonds is 7. The Morgan fingerprint density at radius 1 is 1.07 bits per heavy atom. The standard InChI is InChI=1S/C32H30FN7O2/c1-36-30(35)29-26(18-28(40(29)37-2)21-12-10-20(19-34)11-13-21)24-15-14-22(17-27(24)33)38-31(41)25-9-6-16-39(32(25)42)23-7-4-3-5-8-23/h3-9,14-18,20-21H,2,10-13H2,1H3,(H2,35,36)(H,38,41)/t20-,21+. The van der Waals surface area contributed by atoms with Crippen molar-refractivity contribution in [2.75, 3.05) is 12.4 Å². The number of nitrogens with zero attached hydrogens (tertiary/aromatic N) is 5. The van der Waals surface area contributed by atoms with Crippen LogP contribution in [0.2, 0.25) is 0 Å². The zero-order chi connectivity index (χ0) is 29.8. The molecule has 10 heteroatoms. The third-order valence-electron chi connectivity index (χ3n) is 7.70. The highest BCUT2D eigenvalue weighted by molar-refractivity contribution is 6.05. The molecule has 9 nitrogen and oxygen atoms in total. The summed E-state index contributed by atoms with van der Waals surface area (Å²) in [4.78, 5) is 30.2. The van der Waals surface area contributed by atoms with Gasteiger partial charge in [0.2, 0.25) is 0 Å². The molecule has 5 rings (SSSR count). The Labute approximate surface area is 242 Å². The van der Waals surface area contributed by atoms with Crippen LogP contribution in [0.3, 0.4) is 0 Å². The molecule has 0 unspecified atom stereocenters. The van der Waals surface area contributed by atoms with Crippen LogP contribution >= 0.6 is 0 Å². The van der Waals surface area contributed by atoms with Gasteiger partial charge >= 0.3 is 0 Å². The van der Waals surface area contributed by atoms with E-state index in [1.165, 1.54) is 16.7 Å². The van der Waals surface area contributed by atoms with Gasteiger partial charge in [0.25, 0.3) is 11.5 Å². The van der Waals surface area contributed by atoms with Crippen LogP contribution in [0.4, 0.5) is 10.1 Å². The predicted octanol–water partition coefficient (Wildman–Crippen LogP) is 5.29. The Bertz CT molecular complexity index is 1770. The highest BCUT2D eigenvalue weighted by Gasteiger charge is 2.29. The number of pyridine rings is 1. The van der Waals surface area contributed by atoms with Crippen LogP contribution in [-0.2, 0) is 0 Å². The van der Waals surface area contributed by atoms with E-state index in [9.17, 15) is 14.9 Å². The molecular formula is C32H30FN7O2. The van der Waals surface area contributed by atoms with Crippen LogP contribution < -0.4 is 16.6 Å². The fraction of sp³-hybridized carbons (Fsp3) is 0.219. The minimum absolute atomic E-state index is 0.0277. The fourth-order valence-corrected chi connectivity index (χ4v) is 5.51. The number of halogens is 1. The third kappa shape index (κ3) is 5.37. The smallest absolute Gasteiger partial charge is 0.267 e.